The Balaban J connectivity index is 0.000000351. The summed E-state index contributed by atoms with van der Waals surface area (Å²) in [6, 6.07) is 8.33. The average Bonchev–Trinajstić information content (AvgIpc) is 2.36. The van der Waals surface area contributed by atoms with Gasteiger partial charge in [-0.3, -0.25) is 0 Å². The molecule has 0 aliphatic heterocycles. The lowest BCUT2D eigenvalue weighted by atomic mass is 10.2. The number of hydrogen-bond acceptors (Lipinski definition) is 1. The van der Waals surface area contributed by atoms with Gasteiger partial charge in [0.05, 0.1) is 27.2 Å². The Bertz CT molecular complexity index is 272. The smallest absolute Gasteiger partial charge is 0.0782 e. The molecule has 0 atom stereocenters. The first kappa shape index (κ1) is 17.0. The van der Waals surface area contributed by atoms with E-state index in [0.29, 0.717) is 0 Å². The van der Waals surface area contributed by atoms with Crippen molar-refractivity contribution in [1.82, 2.24) is 0 Å². The number of nitrogens with zero attached hydrogens (tertiary/aromatic N) is 1. The molecule has 0 spiro atoms. The molecule has 0 N–H and O–H groups in total. The number of quaternary nitrogens is 1. The first-order valence-electron chi connectivity index (χ1n) is 7.06. The molecule has 0 saturated heterocycles. The second kappa shape index (κ2) is 9.95. The molecule has 0 saturated carbocycles. The van der Waals surface area contributed by atoms with Crippen LogP contribution in [0, 0.1) is 0 Å². The highest BCUT2D eigenvalue weighted by atomic mass is 16.3. The maximum absolute atomic E-state index is 10.3. The number of rotatable bonds is 6. The highest BCUT2D eigenvalue weighted by Crippen LogP contribution is 2.04. The van der Waals surface area contributed by atoms with Crippen LogP contribution >= 0.6 is 0 Å². The van der Waals surface area contributed by atoms with Crippen LogP contribution in [0.2, 0.25) is 0 Å². The monoisotopic (exact) mass is 251 g/mol. The summed E-state index contributed by atoms with van der Waals surface area (Å²) in [5, 5.41) is 10.3. The van der Waals surface area contributed by atoms with Crippen molar-refractivity contribution in [2.75, 3.05) is 27.2 Å². The molecule has 0 bridgehead atoms. The largest absolute Gasteiger partial charge is 0.872 e. The van der Waals surface area contributed by atoms with Gasteiger partial charge in [0, 0.05) is 0 Å². The van der Waals surface area contributed by atoms with Gasteiger partial charge in [-0.05, 0) is 12.8 Å². The van der Waals surface area contributed by atoms with E-state index in [0.717, 1.165) is 0 Å². The predicted molar refractivity (Wildman–Crippen MR) is 77.5 cm³/mol. The van der Waals surface area contributed by atoms with Gasteiger partial charge < -0.3 is 9.59 Å². The lowest BCUT2D eigenvalue weighted by Crippen LogP contribution is -2.41. The fourth-order valence-corrected chi connectivity index (χ4v) is 1.70. The lowest BCUT2D eigenvalue weighted by Gasteiger charge is -2.29. The van der Waals surface area contributed by atoms with E-state index >= 15 is 0 Å². The number of hydrogen-bond donors (Lipinski definition) is 0. The number of para-hydroxylation sites is 1. The molecular weight excluding hydrogens is 222 g/mol. The van der Waals surface area contributed by atoms with Gasteiger partial charge in [-0.2, -0.15) is 0 Å². The summed E-state index contributed by atoms with van der Waals surface area (Å²) in [4.78, 5) is 0. The molecule has 1 rings (SSSR count). The number of unbranched alkanes of at least 4 members (excludes halogenated alkanes) is 2. The van der Waals surface area contributed by atoms with E-state index in [1.165, 1.54) is 55.4 Å². The van der Waals surface area contributed by atoms with Crippen LogP contribution in [-0.2, 0) is 0 Å². The molecule has 0 amide bonds. The summed E-state index contributed by atoms with van der Waals surface area (Å²) in [7, 11) is 4.68. The first-order chi connectivity index (χ1) is 8.52. The molecule has 2 nitrogen and oxygen atoms in total. The van der Waals surface area contributed by atoms with E-state index in [9.17, 15) is 5.11 Å². The van der Waals surface area contributed by atoms with E-state index in [-0.39, 0.29) is 5.75 Å². The van der Waals surface area contributed by atoms with E-state index < -0.39 is 0 Å². The third kappa shape index (κ3) is 10.2. The minimum absolute atomic E-state index is 0.0718. The Morgan fingerprint density at radius 2 is 1.33 bits per heavy atom. The molecular formula is C16H29NO. The Morgan fingerprint density at radius 3 is 1.61 bits per heavy atom. The molecule has 104 valence electrons. The van der Waals surface area contributed by atoms with Crippen LogP contribution in [0.4, 0.5) is 0 Å². The Morgan fingerprint density at radius 1 is 0.889 bits per heavy atom. The highest BCUT2D eigenvalue weighted by molar-refractivity contribution is 5.17. The van der Waals surface area contributed by atoms with Crippen LogP contribution in [0.25, 0.3) is 0 Å². The summed E-state index contributed by atoms with van der Waals surface area (Å²) in [6.45, 7) is 7.21. The summed E-state index contributed by atoms with van der Waals surface area (Å²) in [5.41, 5.74) is 0. The van der Waals surface area contributed by atoms with Crippen molar-refractivity contribution in [3.8, 4) is 5.75 Å². The van der Waals surface area contributed by atoms with Gasteiger partial charge in [-0.25, -0.2) is 0 Å². The third-order valence-electron chi connectivity index (χ3n) is 2.98. The zero-order valence-electron chi connectivity index (χ0n) is 12.5. The summed E-state index contributed by atoms with van der Waals surface area (Å²) >= 11 is 0. The molecule has 18 heavy (non-hydrogen) atoms. The first-order valence-corrected chi connectivity index (χ1v) is 7.06. The molecule has 0 radical (unpaired) electrons. The normalized spacial score (nSPS) is 10.7. The zero-order valence-corrected chi connectivity index (χ0v) is 12.5. The molecule has 0 heterocycles. The SMILES string of the molecule is CCCC[N+](C)(C)CCCC.[O-]c1ccccc1. The quantitative estimate of drug-likeness (QED) is 0.710. The van der Waals surface area contributed by atoms with Gasteiger partial charge in [0.15, 0.2) is 0 Å². The topological polar surface area (TPSA) is 23.1 Å². The maximum Gasteiger partial charge on any atom is 0.0782 e. The van der Waals surface area contributed by atoms with Crippen LogP contribution in [0.1, 0.15) is 39.5 Å². The lowest BCUT2D eigenvalue weighted by molar-refractivity contribution is -0.890. The Kier molecular flexibility index (Phi) is 9.39. The Labute approximate surface area is 113 Å². The minimum atomic E-state index is 0.0718. The van der Waals surface area contributed by atoms with Gasteiger partial charge >= 0.3 is 0 Å². The zero-order chi connectivity index (χ0) is 13.9. The second-order valence-corrected chi connectivity index (χ2v) is 5.40. The summed E-state index contributed by atoms with van der Waals surface area (Å²) < 4.78 is 1.21. The van der Waals surface area contributed by atoms with Gasteiger partial charge in [-0.1, -0.05) is 57.0 Å². The number of benzene rings is 1. The third-order valence-corrected chi connectivity index (χ3v) is 2.98. The van der Waals surface area contributed by atoms with Crippen LogP contribution < -0.4 is 5.11 Å². The molecule has 0 aromatic heterocycles. The van der Waals surface area contributed by atoms with E-state index in [1.54, 1.807) is 12.1 Å². The average molecular weight is 251 g/mol. The minimum Gasteiger partial charge on any atom is -0.872 e. The highest BCUT2D eigenvalue weighted by Gasteiger charge is 2.11. The van der Waals surface area contributed by atoms with Gasteiger partial charge in [0.1, 0.15) is 0 Å². The van der Waals surface area contributed by atoms with Crippen molar-refractivity contribution in [3.05, 3.63) is 30.3 Å². The molecule has 0 aliphatic rings. The molecule has 0 unspecified atom stereocenters. The molecule has 1 aromatic carbocycles. The summed E-state index contributed by atoms with van der Waals surface area (Å²) in [5.74, 6) is 0.0718. The second-order valence-electron chi connectivity index (χ2n) is 5.40. The Hall–Kier alpha value is -1.02. The van der Waals surface area contributed by atoms with E-state index in [4.69, 9.17) is 0 Å². The van der Waals surface area contributed by atoms with Gasteiger partial charge in [0.2, 0.25) is 0 Å². The van der Waals surface area contributed by atoms with Gasteiger partial charge in [0.25, 0.3) is 0 Å². The van der Waals surface area contributed by atoms with Crippen molar-refractivity contribution in [2.24, 2.45) is 0 Å². The maximum atomic E-state index is 10.3. The molecule has 0 aliphatic carbocycles. The fourth-order valence-electron chi connectivity index (χ4n) is 1.70. The van der Waals surface area contributed by atoms with Crippen LogP contribution in [0.15, 0.2) is 30.3 Å². The van der Waals surface area contributed by atoms with E-state index in [1.807, 2.05) is 6.07 Å². The van der Waals surface area contributed by atoms with Gasteiger partial charge in [-0.15, -0.1) is 5.75 Å². The molecule has 2 heteroatoms. The van der Waals surface area contributed by atoms with Crippen molar-refractivity contribution in [2.45, 2.75) is 39.5 Å². The van der Waals surface area contributed by atoms with Crippen LogP contribution in [0.5, 0.6) is 5.75 Å². The van der Waals surface area contributed by atoms with Crippen molar-refractivity contribution in [3.63, 3.8) is 0 Å². The van der Waals surface area contributed by atoms with E-state index in [2.05, 4.69) is 27.9 Å². The van der Waals surface area contributed by atoms with Crippen molar-refractivity contribution < 1.29 is 9.59 Å². The van der Waals surface area contributed by atoms with Crippen molar-refractivity contribution in [1.29, 1.82) is 0 Å². The standard InChI is InChI=1S/C10H24N.C6H6O/c1-5-7-9-11(3,4)10-8-6-2;7-6-4-2-1-3-5-6/h5-10H2,1-4H3;1-5,7H/q+1;/p-1. The van der Waals surface area contributed by atoms with Crippen molar-refractivity contribution >= 4 is 0 Å². The van der Waals surface area contributed by atoms with Crippen LogP contribution in [-0.4, -0.2) is 31.7 Å². The van der Waals surface area contributed by atoms with Crippen LogP contribution in [0.3, 0.4) is 0 Å². The molecule has 0 fully saturated rings. The molecule has 1 aromatic rings. The summed E-state index contributed by atoms with van der Waals surface area (Å²) in [6.07, 6.45) is 5.40. The fraction of sp³-hybridized carbons (Fsp3) is 0.625. The predicted octanol–water partition coefficient (Wildman–Crippen LogP) is 3.42.